The van der Waals surface area contributed by atoms with E-state index in [1.807, 2.05) is 32.1 Å². The highest BCUT2D eigenvalue weighted by Crippen LogP contribution is 2.40. The number of nitrogens with zero attached hydrogens (tertiary/aromatic N) is 2. The number of carbonyl (C=O) groups is 1. The van der Waals surface area contributed by atoms with E-state index < -0.39 is 0 Å². The lowest BCUT2D eigenvalue weighted by atomic mass is 9.89. The summed E-state index contributed by atoms with van der Waals surface area (Å²) in [6, 6.07) is 0. The zero-order chi connectivity index (χ0) is 15.9. The summed E-state index contributed by atoms with van der Waals surface area (Å²) in [5, 5.41) is 2.19. The summed E-state index contributed by atoms with van der Waals surface area (Å²) in [5.74, 6) is 1.51. The lowest BCUT2D eigenvalue weighted by Crippen LogP contribution is -2.22. The molecule has 3 rings (SSSR count). The first-order valence-electron chi connectivity index (χ1n) is 7.77. The molecule has 3 nitrogen and oxygen atoms in total. The molecule has 2 aromatic heterocycles. The first kappa shape index (κ1) is 15.9. The van der Waals surface area contributed by atoms with E-state index in [0.717, 1.165) is 28.6 Å². The van der Waals surface area contributed by atoms with Crippen LogP contribution in [0.2, 0.25) is 0 Å². The van der Waals surface area contributed by atoms with Crippen molar-refractivity contribution in [1.82, 2.24) is 9.97 Å². The van der Waals surface area contributed by atoms with Crippen LogP contribution in [0.1, 0.15) is 44.6 Å². The van der Waals surface area contributed by atoms with Crippen molar-refractivity contribution in [1.29, 1.82) is 0 Å². The van der Waals surface area contributed by atoms with Crippen molar-refractivity contribution in [2.75, 3.05) is 5.75 Å². The van der Waals surface area contributed by atoms with Crippen molar-refractivity contribution >= 4 is 39.1 Å². The van der Waals surface area contributed by atoms with Gasteiger partial charge in [0.05, 0.1) is 5.75 Å². The fraction of sp³-hybridized carbons (Fsp3) is 0.588. The number of thiophene rings is 1. The molecule has 0 radical (unpaired) electrons. The van der Waals surface area contributed by atoms with Crippen molar-refractivity contribution < 1.29 is 4.79 Å². The number of fused-ring (bicyclic) bond motifs is 3. The Bertz CT molecular complexity index is 715. The standard InChI is InChI=1S/C17H22N2OS2/c1-10-5-6-11-12(7-10)22-16-14(11)15(18-9-19-16)21-8-13(20)17(2,3)4/h9-10H,5-8H2,1-4H3/t10-/m0/s1. The van der Waals surface area contributed by atoms with Gasteiger partial charge >= 0.3 is 0 Å². The summed E-state index contributed by atoms with van der Waals surface area (Å²) in [7, 11) is 0. The molecule has 5 heteroatoms. The third-order valence-electron chi connectivity index (χ3n) is 4.23. The molecule has 0 amide bonds. The van der Waals surface area contributed by atoms with E-state index in [0.29, 0.717) is 5.75 Å². The molecule has 0 spiro atoms. The summed E-state index contributed by atoms with van der Waals surface area (Å²) in [6.45, 7) is 8.23. The highest BCUT2D eigenvalue weighted by Gasteiger charge is 2.25. The second-order valence-electron chi connectivity index (χ2n) is 7.17. The predicted molar refractivity (Wildman–Crippen MR) is 93.8 cm³/mol. The topological polar surface area (TPSA) is 42.9 Å². The van der Waals surface area contributed by atoms with Crippen LogP contribution in [0.15, 0.2) is 11.4 Å². The zero-order valence-corrected chi connectivity index (χ0v) is 15.2. The number of aryl methyl sites for hydroxylation is 1. The van der Waals surface area contributed by atoms with E-state index in [2.05, 4.69) is 16.9 Å². The van der Waals surface area contributed by atoms with Gasteiger partial charge in [-0.2, -0.15) is 0 Å². The third kappa shape index (κ3) is 3.06. The van der Waals surface area contributed by atoms with Gasteiger partial charge in [0, 0.05) is 15.7 Å². The maximum absolute atomic E-state index is 12.2. The van der Waals surface area contributed by atoms with Crippen molar-refractivity contribution in [3.05, 3.63) is 16.8 Å². The molecule has 118 valence electrons. The molecule has 2 heterocycles. The lowest BCUT2D eigenvalue weighted by molar-refractivity contribution is -0.123. The van der Waals surface area contributed by atoms with Crippen molar-refractivity contribution in [2.45, 2.75) is 52.0 Å². The Morgan fingerprint density at radius 1 is 1.41 bits per heavy atom. The quantitative estimate of drug-likeness (QED) is 0.611. The minimum atomic E-state index is -0.289. The highest BCUT2D eigenvalue weighted by molar-refractivity contribution is 8.00. The van der Waals surface area contributed by atoms with Gasteiger partial charge in [-0.1, -0.05) is 39.5 Å². The third-order valence-corrected chi connectivity index (χ3v) is 6.39. The Balaban J connectivity index is 1.92. The predicted octanol–water partition coefficient (Wildman–Crippen LogP) is 4.52. The van der Waals surface area contributed by atoms with Crippen LogP contribution in [0.3, 0.4) is 0 Å². The summed E-state index contributed by atoms with van der Waals surface area (Å²) < 4.78 is 0. The first-order valence-corrected chi connectivity index (χ1v) is 9.58. The second-order valence-corrected chi connectivity index (χ2v) is 9.22. The van der Waals surface area contributed by atoms with Gasteiger partial charge in [-0.15, -0.1) is 11.3 Å². The molecule has 0 N–H and O–H groups in total. The molecule has 0 unspecified atom stereocenters. The molecule has 0 aromatic carbocycles. The van der Waals surface area contributed by atoms with Gasteiger partial charge in [0.25, 0.3) is 0 Å². The fourth-order valence-corrected chi connectivity index (χ4v) is 5.31. The van der Waals surface area contributed by atoms with Crippen LogP contribution < -0.4 is 0 Å². The molecule has 0 aliphatic heterocycles. The van der Waals surface area contributed by atoms with Crippen molar-refractivity contribution in [3.63, 3.8) is 0 Å². The Kier molecular flexibility index (Phi) is 4.29. The minimum absolute atomic E-state index is 0.266. The average molecular weight is 335 g/mol. The second kappa shape index (κ2) is 5.93. The van der Waals surface area contributed by atoms with E-state index in [9.17, 15) is 4.79 Å². The summed E-state index contributed by atoms with van der Waals surface area (Å²) in [4.78, 5) is 23.7. The van der Waals surface area contributed by atoms with Crippen LogP contribution in [0, 0.1) is 11.3 Å². The maximum atomic E-state index is 12.2. The van der Waals surface area contributed by atoms with Gasteiger partial charge in [-0.3, -0.25) is 4.79 Å². The van der Waals surface area contributed by atoms with E-state index in [1.54, 1.807) is 18.1 Å². The van der Waals surface area contributed by atoms with Gasteiger partial charge in [-0.05, 0) is 30.7 Å². The van der Waals surface area contributed by atoms with Crippen LogP contribution in [0.5, 0.6) is 0 Å². The Morgan fingerprint density at radius 3 is 2.91 bits per heavy atom. The van der Waals surface area contributed by atoms with E-state index in [-0.39, 0.29) is 11.2 Å². The molecular weight excluding hydrogens is 312 g/mol. The molecule has 1 atom stereocenters. The van der Waals surface area contributed by atoms with Gasteiger partial charge in [0.2, 0.25) is 0 Å². The van der Waals surface area contributed by atoms with Crippen LogP contribution in [0.25, 0.3) is 10.2 Å². The number of carbonyl (C=O) groups excluding carboxylic acids is 1. The lowest BCUT2D eigenvalue weighted by Gasteiger charge is -2.18. The molecule has 0 saturated carbocycles. The number of Topliss-reactive ketones (excluding diaryl/α,β-unsaturated/α-hetero) is 1. The maximum Gasteiger partial charge on any atom is 0.148 e. The van der Waals surface area contributed by atoms with Crippen LogP contribution in [-0.4, -0.2) is 21.5 Å². The van der Waals surface area contributed by atoms with Gasteiger partial charge < -0.3 is 0 Å². The van der Waals surface area contributed by atoms with Gasteiger partial charge in [0.1, 0.15) is 22.0 Å². The monoisotopic (exact) mass is 334 g/mol. The molecular formula is C17H22N2OS2. The number of aromatic nitrogens is 2. The SMILES string of the molecule is C[C@H]1CCc2c(sc3ncnc(SCC(=O)C(C)(C)C)c23)C1. The van der Waals surface area contributed by atoms with Crippen molar-refractivity contribution in [2.24, 2.45) is 11.3 Å². The Hall–Kier alpha value is -0.940. The smallest absolute Gasteiger partial charge is 0.148 e. The fourth-order valence-electron chi connectivity index (χ4n) is 2.71. The van der Waals surface area contributed by atoms with Crippen molar-refractivity contribution in [3.8, 4) is 0 Å². The highest BCUT2D eigenvalue weighted by atomic mass is 32.2. The zero-order valence-electron chi connectivity index (χ0n) is 13.6. The van der Waals surface area contributed by atoms with E-state index >= 15 is 0 Å². The Morgan fingerprint density at radius 2 is 2.18 bits per heavy atom. The molecule has 22 heavy (non-hydrogen) atoms. The summed E-state index contributed by atoms with van der Waals surface area (Å²) in [6.07, 6.45) is 5.14. The number of rotatable bonds is 3. The Labute approximate surface area is 139 Å². The van der Waals surface area contributed by atoms with E-state index in [4.69, 9.17) is 0 Å². The first-order chi connectivity index (χ1) is 10.4. The normalized spacial score (nSPS) is 18.5. The summed E-state index contributed by atoms with van der Waals surface area (Å²) >= 11 is 3.38. The molecule has 0 bridgehead atoms. The van der Waals surface area contributed by atoms with E-state index in [1.165, 1.54) is 22.2 Å². The number of hydrogen-bond acceptors (Lipinski definition) is 5. The minimum Gasteiger partial charge on any atom is -0.298 e. The van der Waals surface area contributed by atoms with Gasteiger partial charge in [-0.25, -0.2) is 9.97 Å². The van der Waals surface area contributed by atoms with Crippen LogP contribution in [0.4, 0.5) is 0 Å². The molecule has 2 aromatic rings. The molecule has 1 aliphatic carbocycles. The largest absolute Gasteiger partial charge is 0.298 e. The molecule has 1 aliphatic rings. The molecule has 0 saturated heterocycles. The molecule has 0 fully saturated rings. The van der Waals surface area contributed by atoms with Crippen LogP contribution >= 0.6 is 23.1 Å². The number of ketones is 1. The van der Waals surface area contributed by atoms with Gasteiger partial charge in [0.15, 0.2) is 0 Å². The number of thioether (sulfide) groups is 1. The summed E-state index contributed by atoms with van der Waals surface area (Å²) in [5.41, 5.74) is 1.15. The average Bonchev–Trinajstić information content (AvgIpc) is 2.81. The number of hydrogen-bond donors (Lipinski definition) is 0. The van der Waals surface area contributed by atoms with Crippen LogP contribution in [-0.2, 0) is 17.6 Å².